The highest BCUT2D eigenvalue weighted by Crippen LogP contribution is 2.08. The summed E-state index contributed by atoms with van der Waals surface area (Å²) in [4.78, 5) is 11.9. The van der Waals surface area contributed by atoms with Crippen LogP contribution < -0.4 is 5.32 Å². The Balaban J connectivity index is 2.62. The van der Waals surface area contributed by atoms with Crippen LogP contribution in [0.2, 0.25) is 0 Å². The van der Waals surface area contributed by atoms with E-state index in [0.29, 0.717) is 5.92 Å². The van der Waals surface area contributed by atoms with Crippen LogP contribution in [0, 0.1) is 12.8 Å². The van der Waals surface area contributed by atoms with Crippen LogP contribution in [-0.4, -0.2) is 17.3 Å². The predicted octanol–water partition coefficient (Wildman–Crippen LogP) is 3.14. The van der Waals surface area contributed by atoms with Gasteiger partial charge in [-0.2, -0.15) is 0 Å². The number of rotatable bonds is 4. The summed E-state index contributed by atoms with van der Waals surface area (Å²) in [6.07, 6.45) is 0. The standard InChI is InChI=1S/C13H18BrNO/c1-9-4-6-12(7-5-9)13(16)15-11(3)10(2)8-14/h4-7,10-11H,8H2,1-3H3,(H,15,16). The second-order valence-corrected chi connectivity index (χ2v) is 4.91. The fourth-order valence-electron chi connectivity index (χ4n) is 1.27. The lowest BCUT2D eigenvalue weighted by atomic mass is 10.1. The van der Waals surface area contributed by atoms with E-state index in [1.165, 1.54) is 5.56 Å². The van der Waals surface area contributed by atoms with E-state index in [2.05, 4.69) is 28.2 Å². The van der Waals surface area contributed by atoms with Gasteiger partial charge in [0.05, 0.1) is 0 Å². The zero-order valence-corrected chi connectivity index (χ0v) is 11.5. The van der Waals surface area contributed by atoms with Crippen molar-refractivity contribution in [2.45, 2.75) is 26.8 Å². The number of alkyl halides is 1. The average Bonchev–Trinajstić information content (AvgIpc) is 2.28. The fraction of sp³-hybridized carbons (Fsp3) is 0.462. The molecule has 0 aliphatic heterocycles. The van der Waals surface area contributed by atoms with Crippen LogP contribution in [-0.2, 0) is 0 Å². The molecule has 0 saturated carbocycles. The highest BCUT2D eigenvalue weighted by molar-refractivity contribution is 9.09. The third-order valence-electron chi connectivity index (χ3n) is 2.77. The molecule has 0 heterocycles. The first-order valence-electron chi connectivity index (χ1n) is 5.48. The molecule has 0 saturated heterocycles. The van der Waals surface area contributed by atoms with Crippen LogP contribution in [0.15, 0.2) is 24.3 Å². The number of amides is 1. The van der Waals surface area contributed by atoms with Gasteiger partial charge in [-0.25, -0.2) is 0 Å². The van der Waals surface area contributed by atoms with E-state index in [0.717, 1.165) is 10.9 Å². The Labute approximate surface area is 106 Å². The van der Waals surface area contributed by atoms with Crippen molar-refractivity contribution < 1.29 is 4.79 Å². The van der Waals surface area contributed by atoms with Gasteiger partial charge < -0.3 is 5.32 Å². The lowest BCUT2D eigenvalue weighted by Crippen LogP contribution is -2.37. The number of carbonyl (C=O) groups is 1. The summed E-state index contributed by atoms with van der Waals surface area (Å²) in [5.74, 6) is 0.426. The third-order valence-corrected chi connectivity index (χ3v) is 3.79. The average molecular weight is 284 g/mol. The molecule has 2 nitrogen and oxygen atoms in total. The predicted molar refractivity (Wildman–Crippen MR) is 71.1 cm³/mol. The molecule has 0 aliphatic carbocycles. The minimum Gasteiger partial charge on any atom is -0.349 e. The molecule has 0 aromatic heterocycles. The highest BCUT2D eigenvalue weighted by Gasteiger charge is 2.14. The molecule has 0 radical (unpaired) electrons. The van der Waals surface area contributed by atoms with Gasteiger partial charge in [-0.15, -0.1) is 0 Å². The molecule has 1 amide bonds. The van der Waals surface area contributed by atoms with Crippen molar-refractivity contribution in [2.75, 3.05) is 5.33 Å². The van der Waals surface area contributed by atoms with Crippen LogP contribution in [0.4, 0.5) is 0 Å². The molecule has 1 aromatic carbocycles. The van der Waals surface area contributed by atoms with E-state index in [-0.39, 0.29) is 11.9 Å². The Hall–Kier alpha value is -0.830. The van der Waals surface area contributed by atoms with E-state index < -0.39 is 0 Å². The first kappa shape index (κ1) is 13.2. The quantitative estimate of drug-likeness (QED) is 0.845. The molecule has 2 atom stereocenters. The van der Waals surface area contributed by atoms with E-state index in [1.54, 1.807) is 0 Å². The molecule has 1 aromatic rings. The molecule has 0 fully saturated rings. The van der Waals surface area contributed by atoms with Crippen molar-refractivity contribution in [3.05, 3.63) is 35.4 Å². The Morgan fingerprint density at radius 3 is 2.38 bits per heavy atom. The van der Waals surface area contributed by atoms with Gasteiger partial charge in [0.2, 0.25) is 0 Å². The van der Waals surface area contributed by atoms with Crippen LogP contribution in [0.5, 0.6) is 0 Å². The van der Waals surface area contributed by atoms with Crippen molar-refractivity contribution in [1.29, 1.82) is 0 Å². The first-order chi connectivity index (χ1) is 7.54. The van der Waals surface area contributed by atoms with Crippen molar-refractivity contribution in [1.82, 2.24) is 5.32 Å². The maximum atomic E-state index is 11.9. The van der Waals surface area contributed by atoms with Gasteiger partial charge in [0.1, 0.15) is 0 Å². The van der Waals surface area contributed by atoms with Gasteiger partial charge in [-0.3, -0.25) is 4.79 Å². The van der Waals surface area contributed by atoms with Gasteiger partial charge in [0.25, 0.3) is 5.91 Å². The molecule has 3 heteroatoms. The summed E-state index contributed by atoms with van der Waals surface area (Å²) in [6.45, 7) is 6.14. The summed E-state index contributed by atoms with van der Waals surface area (Å²) in [5, 5.41) is 3.89. The van der Waals surface area contributed by atoms with Crippen LogP contribution in [0.25, 0.3) is 0 Å². The van der Waals surface area contributed by atoms with E-state index in [9.17, 15) is 4.79 Å². The molecule has 1 N–H and O–H groups in total. The smallest absolute Gasteiger partial charge is 0.251 e. The van der Waals surface area contributed by atoms with E-state index in [1.807, 2.05) is 38.1 Å². The van der Waals surface area contributed by atoms with Gasteiger partial charge in [0, 0.05) is 16.9 Å². The van der Waals surface area contributed by atoms with Crippen LogP contribution in [0.3, 0.4) is 0 Å². The fourth-order valence-corrected chi connectivity index (χ4v) is 1.83. The molecule has 0 aliphatic rings. The number of benzene rings is 1. The summed E-state index contributed by atoms with van der Waals surface area (Å²) in [6, 6.07) is 7.79. The lowest BCUT2D eigenvalue weighted by Gasteiger charge is -2.19. The zero-order valence-electron chi connectivity index (χ0n) is 9.96. The summed E-state index contributed by atoms with van der Waals surface area (Å²) in [5.41, 5.74) is 1.89. The van der Waals surface area contributed by atoms with Gasteiger partial charge in [0.15, 0.2) is 0 Å². The minimum atomic E-state index is 0.000278. The lowest BCUT2D eigenvalue weighted by molar-refractivity contribution is 0.0931. The molecule has 0 bridgehead atoms. The number of hydrogen-bond donors (Lipinski definition) is 1. The number of carbonyl (C=O) groups excluding carboxylic acids is 1. The number of hydrogen-bond acceptors (Lipinski definition) is 1. The molecule has 16 heavy (non-hydrogen) atoms. The van der Waals surface area contributed by atoms with Gasteiger partial charge in [-0.05, 0) is 31.9 Å². The van der Waals surface area contributed by atoms with Crippen LogP contribution in [0.1, 0.15) is 29.8 Å². The maximum Gasteiger partial charge on any atom is 0.251 e. The van der Waals surface area contributed by atoms with Gasteiger partial charge >= 0.3 is 0 Å². The topological polar surface area (TPSA) is 29.1 Å². The maximum absolute atomic E-state index is 11.9. The third kappa shape index (κ3) is 3.63. The Morgan fingerprint density at radius 2 is 1.88 bits per heavy atom. The molecular formula is C13H18BrNO. The Kier molecular flexibility index (Phi) is 5.00. The number of aryl methyl sites for hydroxylation is 1. The second-order valence-electron chi connectivity index (χ2n) is 4.26. The van der Waals surface area contributed by atoms with Crippen LogP contribution >= 0.6 is 15.9 Å². The molecule has 1 rings (SSSR count). The molecule has 0 spiro atoms. The van der Waals surface area contributed by atoms with E-state index in [4.69, 9.17) is 0 Å². The molecular weight excluding hydrogens is 266 g/mol. The minimum absolute atomic E-state index is 0.000278. The van der Waals surface area contributed by atoms with Crippen molar-refractivity contribution in [3.8, 4) is 0 Å². The molecule has 2 unspecified atom stereocenters. The highest BCUT2D eigenvalue weighted by atomic mass is 79.9. The van der Waals surface area contributed by atoms with Gasteiger partial charge in [-0.1, -0.05) is 40.5 Å². The normalized spacial score (nSPS) is 14.2. The SMILES string of the molecule is Cc1ccc(C(=O)NC(C)C(C)CBr)cc1. The Morgan fingerprint density at radius 1 is 1.31 bits per heavy atom. The van der Waals surface area contributed by atoms with Crippen molar-refractivity contribution >= 4 is 21.8 Å². The second kappa shape index (κ2) is 6.04. The summed E-state index contributed by atoms with van der Waals surface area (Å²) in [7, 11) is 0. The largest absolute Gasteiger partial charge is 0.349 e. The zero-order chi connectivity index (χ0) is 12.1. The van der Waals surface area contributed by atoms with E-state index >= 15 is 0 Å². The van der Waals surface area contributed by atoms with Crippen molar-refractivity contribution in [3.63, 3.8) is 0 Å². The number of halogens is 1. The van der Waals surface area contributed by atoms with Crippen molar-refractivity contribution in [2.24, 2.45) is 5.92 Å². The summed E-state index contributed by atoms with van der Waals surface area (Å²) >= 11 is 3.42. The monoisotopic (exact) mass is 283 g/mol. The summed E-state index contributed by atoms with van der Waals surface area (Å²) < 4.78 is 0. The number of nitrogens with one attached hydrogen (secondary N) is 1. The molecule has 88 valence electrons. The first-order valence-corrected chi connectivity index (χ1v) is 6.60. The Bertz CT molecular complexity index is 347.